The van der Waals surface area contributed by atoms with Crippen molar-refractivity contribution in [2.24, 2.45) is 0 Å². The predicted molar refractivity (Wildman–Crippen MR) is 55.7 cm³/mol. The number of aliphatic hydroxyl groups is 2. The van der Waals surface area contributed by atoms with Crippen LogP contribution in [0.25, 0.3) is 0 Å². The van der Waals surface area contributed by atoms with Gasteiger partial charge in [-0.15, -0.1) is 0 Å². The third-order valence-corrected chi connectivity index (χ3v) is 2.44. The van der Waals surface area contributed by atoms with Crippen molar-refractivity contribution in [3.63, 3.8) is 0 Å². The first-order valence-electron chi connectivity index (χ1n) is 5.45. The summed E-state index contributed by atoms with van der Waals surface area (Å²) in [4.78, 5) is 0. The van der Waals surface area contributed by atoms with Crippen molar-refractivity contribution >= 4 is 0 Å². The highest BCUT2D eigenvalue weighted by atomic mass is 16.3. The summed E-state index contributed by atoms with van der Waals surface area (Å²) in [5.41, 5.74) is -0.510. The van der Waals surface area contributed by atoms with Crippen molar-refractivity contribution in [3.8, 4) is 0 Å². The molecule has 2 heteroatoms. The second-order valence-electron chi connectivity index (χ2n) is 4.13. The molecule has 2 N–H and O–H groups in total. The maximum absolute atomic E-state index is 9.89. The Labute approximate surface area is 82.0 Å². The minimum Gasteiger partial charge on any atom is -0.396 e. The summed E-state index contributed by atoms with van der Waals surface area (Å²) in [6.07, 6.45) is 6.97. The van der Waals surface area contributed by atoms with Gasteiger partial charge in [0.2, 0.25) is 0 Å². The Morgan fingerprint density at radius 2 is 1.54 bits per heavy atom. The van der Waals surface area contributed by atoms with E-state index in [0.717, 1.165) is 32.1 Å². The summed E-state index contributed by atoms with van der Waals surface area (Å²) in [7, 11) is 0. The van der Waals surface area contributed by atoms with Crippen LogP contribution in [0.5, 0.6) is 0 Å². The van der Waals surface area contributed by atoms with Gasteiger partial charge in [0, 0.05) is 6.61 Å². The zero-order chi connectivity index (χ0) is 10.2. The molecule has 0 aromatic carbocycles. The molecule has 0 saturated carbocycles. The number of hydrogen-bond acceptors (Lipinski definition) is 2. The third kappa shape index (κ3) is 8.26. The van der Waals surface area contributed by atoms with Gasteiger partial charge in [0.15, 0.2) is 0 Å². The summed E-state index contributed by atoms with van der Waals surface area (Å²) in [6.45, 7) is 4.31. The van der Waals surface area contributed by atoms with E-state index >= 15 is 0 Å². The first kappa shape index (κ1) is 12.9. The van der Waals surface area contributed by atoms with E-state index in [0.29, 0.717) is 0 Å². The highest BCUT2D eigenvalue weighted by molar-refractivity contribution is 4.71. The fraction of sp³-hybridized carbons (Fsp3) is 1.00. The van der Waals surface area contributed by atoms with E-state index in [1.807, 2.05) is 6.92 Å². The summed E-state index contributed by atoms with van der Waals surface area (Å²) in [5, 5.41) is 18.5. The molecular formula is C11H24O2. The van der Waals surface area contributed by atoms with Crippen LogP contribution in [0, 0.1) is 0 Å². The summed E-state index contributed by atoms with van der Waals surface area (Å²) in [5.74, 6) is 0. The van der Waals surface area contributed by atoms with E-state index in [-0.39, 0.29) is 6.61 Å². The molecule has 0 aromatic heterocycles. The Bertz CT molecular complexity index is 98.7. The normalized spacial score (nSPS) is 15.7. The van der Waals surface area contributed by atoms with Gasteiger partial charge >= 0.3 is 0 Å². The van der Waals surface area contributed by atoms with Gasteiger partial charge in [-0.25, -0.2) is 0 Å². The molecule has 0 bridgehead atoms. The first-order chi connectivity index (χ1) is 6.12. The molecule has 0 aliphatic rings. The fourth-order valence-electron chi connectivity index (χ4n) is 1.50. The molecule has 0 aromatic rings. The Balaban J connectivity index is 3.42. The van der Waals surface area contributed by atoms with Gasteiger partial charge in [-0.1, -0.05) is 26.2 Å². The number of hydrogen-bond donors (Lipinski definition) is 2. The standard InChI is InChI=1S/C11H24O2/c1-3-4-5-8-11(2,13)9-6-7-10-12/h12-13H,3-10H2,1-2H3. The molecule has 0 aliphatic carbocycles. The molecule has 2 nitrogen and oxygen atoms in total. The smallest absolute Gasteiger partial charge is 0.0619 e. The Kier molecular flexibility index (Phi) is 7.29. The molecule has 0 aliphatic heterocycles. The molecule has 1 atom stereocenters. The van der Waals surface area contributed by atoms with Crippen molar-refractivity contribution in [2.75, 3.05) is 6.61 Å². The molecule has 0 radical (unpaired) electrons. The SMILES string of the molecule is CCCCCC(C)(O)CCCCO. The monoisotopic (exact) mass is 188 g/mol. The zero-order valence-corrected chi connectivity index (χ0v) is 9.05. The maximum atomic E-state index is 9.89. The second kappa shape index (κ2) is 7.34. The molecule has 0 fully saturated rings. The molecule has 0 amide bonds. The molecular weight excluding hydrogens is 164 g/mol. The average Bonchev–Trinajstić information content (AvgIpc) is 2.05. The van der Waals surface area contributed by atoms with Gasteiger partial charge in [-0.3, -0.25) is 0 Å². The van der Waals surface area contributed by atoms with Gasteiger partial charge in [-0.2, -0.15) is 0 Å². The Hall–Kier alpha value is -0.0800. The van der Waals surface area contributed by atoms with Crippen molar-refractivity contribution < 1.29 is 10.2 Å². The molecule has 0 spiro atoms. The fourth-order valence-corrected chi connectivity index (χ4v) is 1.50. The van der Waals surface area contributed by atoms with Gasteiger partial charge in [0.1, 0.15) is 0 Å². The number of aliphatic hydroxyl groups excluding tert-OH is 1. The predicted octanol–water partition coefficient (Wildman–Crippen LogP) is 2.48. The lowest BCUT2D eigenvalue weighted by Crippen LogP contribution is -2.23. The highest BCUT2D eigenvalue weighted by Crippen LogP contribution is 2.20. The topological polar surface area (TPSA) is 40.5 Å². The number of rotatable bonds is 8. The van der Waals surface area contributed by atoms with Gasteiger partial charge in [0.05, 0.1) is 5.60 Å². The molecule has 0 saturated heterocycles. The van der Waals surface area contributed by atoms with Crippen LogP contribution in [-0.4, -0.2) is 22.4 Å². The van der Waals surface area contributed by atoms with Crippen LogP contribution in [0.1, 0.15) is 58.8 Å². The molecule has 13 heavy (non-hydrogen) atoms. The lowest BCUT2D eigenvalue weighted by atomic mass is 9.93. The van der Waals surface area contributed by atoms with Crippen LogP contribution in [0.3, 0.4) is 0 Å². The maximum Gasteiger partial charge on any atom is 0.0619 e. The van der Waals surface area contributed by atoms with E-state index < -0.39 is 5.60 Å². The van der Waals surface area contributed by atoms with E-state index in [9.17, 15) is 5.11 Å². The largest absolute Gasteiger partial charge is 0.396 e. The molecule has 1 unspecified atom stereocenters. The molecule has 0 heterocycles. The van der Waals surface area contributed by atoms with Crippen LogP contribution in [0.4, 0.5) is 0 Å². The minimum atomic E-state index is -0.510. The quantitative estimate of drug-likeness (QED) is 0.574. The van der Waals surface area contributed by atoms with Crippen molar-refractivity contribution in [1.29, 1.82) is 0 Å². The lowest BCUT2D eigenvalue weighted by molar-refractivity contribution is 0.0358. The lowest BCUT2D eigenvalue weighted by Gasteiger charge is -2.22. The number of unbranched alkanes of at least 4 members (excludes halogenated alkanes) is 3. The Morgan fingerprint density at radius 3 is 2.00 bits per heavy atom. The van der Waals surface area contributed by atoms with Gasteiger partial charge in [0.25, 0.3) is 0 Å². The first-order valence-corrected chi connectivity index (χ1v) is 5.45. The summed E-state index contributed by atoms with van der Waals surface area (Å²) >= 11 is 0. The summed E-state index contributed by atoms with van der Waals surface area (Å²) < 4.78 is 0. The average molecular weight is 188 g/mol. The van der Waals surface area contributed by atoms with Crippen LogP contribution in [0.2, 0.25) is 0 Å². The van der Waals surface area contributed by atoms with Crippen molar-refractivity contribution in [2.45, 2.75) is 64.4 Å². The van der Waals surface area contributed by atoms with Crippen LogP contribution in [0.15, 0.2) is 0 Å². The van der Waals surface area contributed by atoms with Gasteiger partial charge < -0.3 is 10.2 Å². The highest BCUT2D eigenvalue weighted by Gasteiger charge is 2.18. The second-order valence-corrected chi connectivity index (χ2v) is 4.13. The summed E-state index contributed by atoms with van der Waals surface area (Å²) in [6, 6.07) is 0. The van der Waals surface area contributed by atoms with Crippen LogP contribution < -0.4 is 0 Å². The molecule has 80 valence electrons. The molecule has 0 rings (SSSR count). The van der Waals surface area contributed by atoms with E-state index in [4.69, 9.17) is 5.11 Å². The van der Waals surface area contributed by atoms with E-state index in [2.05, 4.69) is 6.92 Å². The van der Waals surface area contributed by atoms with Crippen molar-refractivity contribution in [1.82, 2.24) is 0 Å². The third-order valence-electron chi connectivity index (χ3n) is 2.44. The van der Waals surface area contributed by atoms with Gasteiger partial charge in [-0.05, 0) is 32.6 Å². The zero-order valence-electron chi connectivity index (χ0n) is 9.05. The van der Waals surface area contributed by atoms with Crippen molar-refractivity contribution in [3.05, 3.63) is 0 Å². The van der Waals surface area contributed by atoms with Crippen LogP contribution >= 0.6 is 0 Å². The van der Waals surface area contributed by atoms with E-state index in [1.54, 1.807) is 0 Å². The minimum absolute atomic E-state index is 0.241. The van der Waals surface area contributed by atoms with Crippen LogP contribution in [-0.2, 0) is 0 Å². The Morgan fingerprint density at radius 1 is 1.00 bits per heavy atom. The van der Waals surface area contributed by atoms with E-state index in [1.165, 1.54) is 12.8 Å².